The van der Waals surface area contributed by atoms with E-state index in [-0.39, 0.29) is 24.7 Å². The summed E-state index contributed by atoms with van der Waals surface area (Å²) in [6.07, 6.45) is -0.935. The predicted octanol–water partition coefficient (Wildman–Crippen LogP) is 6.09. The number of Topliss-reactive ketones (excluding diaryl/α,β-unsaturated/α-hetero) is 1. The smallest absolute Gasteiger partial charge is 0.312 e. The summed E-state index contributed by atoms with van der Waals surface area (Å²) in [6.45, 7) is 8.00. The molecule has 0 aliphatic carbocycles. The minimum atomic E-state index is -0.964. The molecule has 0 spiro atoms. The third-order valence-electron chi connectivity index (χ3n) is 6.66. The van der Waals surface area contributed by atoms with E-state index in [1.54, 1.807) is 36.3 Å². The van der Waals surface area contributed by atoms with Crippen molar-refractivity contribution >= 4 is 23.3 Å². The van der Waals surface area contributed by atoms with E-state index in [1.165, 1.54) is 6.92 Å². The Morgan fingerprint density at radius 2 is 1.58 bits per heavy atom. The Hall–Kier alpha value is -4.13. The Labute approximate surface area is 223 Å². The monoisotopic (exact) mass is 515 g/mol. The molecule has 1 aliphatic rings. The number of hydrogen-bond acceptors (Lipinski definition) is 6. The first-order valence-electron chi connectivity index (χ1n) is 12.7. The number of aryl methyl sites for hydroxylation is 1. The molecule has 1 fully saturated rings. The van der Waals surface area contributed by atoms with Crippen LogP contribution in [0.15, 0.2) is 66.7 Å². The predicted molar refractivity (Wildman–Crippen MR) is 145 cm³/mol. The van der Waals surface area contributed by atoms with Crippen molar-refractivity contribution in [1.29, 1.82) is 0 Å². The van der Waals surface area contributed by atoms with Crippen LogP contribution in [-0.2, 0) is 14.3 Å². The summed E-state index contributed by atoms with van der Waals surface area (Å²) >= 11 is 0. The number of hydrogen-bond donors (Lipinski definition) is 0. The minimum absolute atomic E-state index is 0.0293. The lowest BCUT2D eigenvalue weighted by molar-refractivity contribution is -0.151. The van der Waals surface area contributed by atoms with Gasteiger partial charge in [0.2, 0.25) is 11.7 Å². The first-order valence-corrected chi connectivity index (χ1v) is 12.7. The molecule has 7 nitrogen and oxygen atoms in total. The number of benzene rings is 3. The second kappa shape index (κ2) is 11.5. The number of carbonyl (C=O) groups excluding carboxylic acids is 3. The molecule has 38 heavy (non-hydrogen) atoms. The van der Waals surface area contributed by atoms with Gasteiger partial charge < -0.3 is 19.1 Å². The third-order valence-corrected chi connectivity index (χ3v) is 6.66. The van der Waals surface area contributed by atoms with Crippen molar-refractivity contribution in [2.75, 3.05) is 18.6 Å². The molecule has 0 radical (unpaired) electrons. The van der Waals surface area contributed by atoms with Gasteiger partial charge in [-0.15, -0.1) is 0 Å². The van der Waals surface area contributed by atoms with Crippen LogP contribution in [0.2, 0.25) is 0 Å². The number of anilines is 1. The normalized spacial score (nSPS) is 15.9. The maximum atomic E-state index is 12.8. The summed E-state index contributed by atoms with van der Waals surface area (Å²) in [4.78, 5) is 39.8. The summed E-state index contributed by atoms with van der Waals surface area (Å²) in [5.74, 6) is 0.730. The SMILES string of the molecule is COc1ccc(C(=O)[C@H](C)OC(=O)[C@H]2CC(=O)N(c3ccc(Oc4cc(C)ccc4C(C)C)cc3)C2)cc1. The average molecular weight is 516 g/mol. The molecule has 198 valence electrons. The van der Waals surface area contributed by atoms with Crippen LogP contribution in [0.1, 0.15) is 54.6 Å². The van der Waals surface area contributed by atoms with Crippen molar-refractivity contribution in [3.05, 3.63) is 83.4 Å². The molecule has 3 aromatic carbocycles. The van der Waals surface area contributed by atoms with Crippen LogP contribution in [0.25, 0.3) is 0 Å². The van der Waals surface area contributed by atoms with Crippen LogP contribution < -0.4 is 14.4 Å². The molecule has 0 unspecified atom stereocenters. The highest BCUT2D eigenvalue weighted by Crippen LogP contribution is 2.33. The lowest BCUT2D eigenvalue weighted by Crippen LogP contribution is -2.30. The number of ether oxygens (including phenoxy) is 3. The minimum Gasteiger partial charge on any atom is -0.497 e. The van der Waals surface area contributed by atoms with Gasteiger partial charge in [0.1, 0.15) is 17.2 Å². The van der Waals surface area contributed by atoms with E-state index >= 15 is 0 Å². The highest BCUT2D eigenvalue weighted by Gasteiger charge is 2.37. The molecule has 4 rings (SSSR count). The Morgan fingerprint density at radius 3 is 2.21 bits per heavy atom. The largest absolute Gasteiger partial charge is 0.497 e. The molecule has 0 aromatic heterocycles. The molecule has 1 saturated heterocycles. The average Bonchev–Trinajstić information content (AvgIpc) is 3.30. The van der Waals surface area contributed by atoms with Gasteiger partial charge in [0, 0.05) is 24.2 Å². The highest BCUT2D eigenvalue weighted by molar-refractivity contribution is 6.02. The van der Waals surface area contributed by atoms with Crippen molar-refractivity contribution < 1.29 is 28.6 Å². The van der Waals surface area contributed by atoms with Gasteiger partial charge in [-0.05, 0) is 85.5 Å². The molecule has 0 N–H and O–H groups in total. The second-order valence-electron chi connectivity index (χ2n) is 9.87. The summed E-state index contributed by atoms with van der Waals surface area (Å²) in [5, 5.41) is 0. The zero-order chi connectivity index (χ0) is 27.4. The van der Waals surface area contributed by atoms with Crippen molar-refractivity contribution in [1.82, 2.24) is 0 Å². The van der Waals surface area contributed by atoms with Gasteiger partial charge in [-0.3, -0.25) is 14.4 Å². The fraction of sp³-hybridized carbons (Fsp3) is 0.323. The Kier molecular flexibility index (Phi) is 8.15. The zero-order valence-corrected chi connectivity index (χ0v) is 22.4. The second-order valence-corrected chi connectivity index (χ2v) is 9.87. The molecular formula is C31H33NO6. The molecular weight excluding hydrogens is 482 g/mol. The molecule has 7 heteroatoms. The molecule has 0 saturated carbocycles. The van der Waals surface area contributed by atoms with E-state index in [0.29, 0.717) is 28.7 Å². The van der Waals surface area contributed by atoms with Crippen molar-refractivity contribution in [3.63, 3.8) is 0 Å². The Morgan fingerprint density at radius 1 is 0.921 bits per heavy atom. The van der Waals surface area contributed by atoms with Crippen molar-refractivity contribution in [2.24, 2.45) is 5.92 Å². The van der Waals surface area contributed by atoms with E-state index in [1.807, 2.05) is 37.3 Å². The van der Waals surface area contributed by atoms with Gasteiger partial charge in [0.15, 0.2) is 6.10 Å². The molecule has 3 aromatic rings. The number of amides is 1. The molecule has 1 amide bonds. The summed E-state index contributed by atoms with van der Waals surface area (Å²) in [7, 11) is 1.55. The quantitative estimate of drug-likeness (QED) is 0.253. The molecule has 1 heterocycles. The number of nitrogens with zero attached hydrogens (tertiary/aromatic N) is 1. The van der Waals surface area contributed by atoms with Crippen LogP contribution in [0, 0.1) is 12.8 Å². The van der Waals surface area contributed by atoms with Crippen LogP contribution in [0.3, 0.4) is 0 Å². The fourth-order valence-electron chi connectivity index (χ4n) is 4.46. The summed E-state index contributed by atoms with van der Waals surface area (Å²) < 4.78 is 16.7. The number of methoxy groups -OCH3 is 1. The Bertz CT molecular complexity index is 1310. The van der Waals surface area contributed by atoms with Gasteiger partial charge in [-0.2, -0.15) is 0 Å². The zero-order valence-electron chi connectivity index (χ0n) is 22.4. The lowest BCUT2D eigenvalue weighted by atomic mass is 10.0. The van der Waals surface area contributed by atoms with E-state index in [2.05, 4.69) is 26.0 Å². The first kappa shape index (κ1) is 26.9. The number of ketones is 1. The summed E-state index contributed by atoms with van der Waals surface area (Å²) in [5.41, 5.74) is 3.33. The topological polar surface area (TPSA) is 82.1 Å². The van der Waals surface area contributed by atoms with Crippen LogP contribution in [-0.4, -0.2) is 37.4 Å². The molecule has 1 aliphatic heterocycles. The molecule has 0 bridgehead atoms. The number of rotatable bonds is 9. The van der Waals surface area contributed by atoms with E-state index < -0.39 is 18.0 Å². The van der Waals surface area contributed by atoms with E-state index in [0.717, 1.165) is 16.9 Å². The van der Waals surface area contributed by atoms with Crippen LogP contribution in [0.4, 0.5) is 5.69 Å². The standard InChI is InChI=1S/C31H33NO6/c1-19(2)27-15-6-20(3)16-28(27)38-26-13-9-24(10-14-26)32-18-23(17-29(32)33)31(35)37-21(4)30(34)22-7-11-25(36-5)12-8-22/h6-16,19,21,23H,17-18H2,1-5H3/t21-,23-/m0/s1. The van der Waals surface area contributed by atoms with Gasteiger partial charge in [0.05, 0.1) is 13.0 Å². The molecule has 2 atom stereocenters. The number of esters is 1. The Balaban J connectivity index is 1.38. The summed E-state index contributed by atoms with van der Waals surface area (Å²) in [6, 6.07) is 20.0. The van der Waals surface area contributed by atoms with Gasteiger partial charge in [-0.25, -0.2) is 0 Å². The van der Waals surface area contributed by atoms with E-state index in [4.69, 9.17) is 14.2 Å². The van der Waals surface area contributed by atoms with Gasteiger partial charge >= 0.3 is 5.97 Å². The lowest BCUT2D eigenvalue weighted by Gasteiger charge is -2.19. The fourth-order valence-corrected chi connectivity index (χ4v) is 4.46. The van der Waals surface area contributed by atoms with Crippen LogP contribution >= 0.6 is 0 Å². The maximum absolute atomic E-state index is 12.8. The van der Waals surface area contributed by atoms with Crippen molar-refractivity contribution in [2.45, 2.75) is 46.1 Å². The maximum Gasteiger partial charge on any atom is 0.312 e. The van der Waals surface area contributed by atoms with Crippen molar-refractivity contribution in [3.8, 4) is 17.2 Å². The number of carbonyl (C=O) groups is 3. The highest BCUT2D eigenvalue weighted by atomic mass is 16.5. The third kappa shape index (κ3) is 6.05. The first-order chi connectivity index (χ1) is 18.2. The van der Waals surface area contributed by atoms with Gasteiger partial charge in [-0.1, -0.05) is 26.0 Å². The van der Waals surface area contributed by atoms with Crippen LogP contribution in [0.5, 0.6) is 17.2 Å². The van der Waals surface area contributed by atoms with E-state index in [9.17, 15) is 14.4 Å². The van der Waals surface area contributed by atoms with Gasteiger partial charge in [0.25, 0.3) is 0 Å².